The van der Waals surface area contributed by atoms with Crippen LogP contribution in [0.2, 0.25) is 0 Å². The maximum absolute atomic E-state index is 12.4. The van der Waals surface area contributed by atoms with Crippen LogP contribution in [-0.4, -0.2) is 34.0 Å². The van der Waals surface area contributed by atoms with Crippen LogP contribution in [0.25, 0.3) is 0 Å². The Labute approximate surface area is 180 Å². The van der Waals surface area contributed by atoms with Crippen molar-refractivity contribution < 1.29 is 19.1 Å². The largest absolute Gasteiger partial charge is 0.452 e. The second kappa shape index (κ2) is 9.38. The van der Waals surface area contributed by atoms with Crippen molar-refractivity contribution in [3.05, 3.63) is 83.6 Å². The third kappa shape index (κ3) is 4.88. The highest BCUT2D eigenvalue weighted by Gasteiger charge is 2.21. The van der Waals surface area contributed by atoms with Crippen LogP contribution >= 0.6 is 0 Å². The Morgan fingerprint density at radius 3 is 2.26 bits per heavy atom. The van der Waals surface area contributed by atoms with Gasteiger partial charge in [-0.2, -0.15) is 5.10 Å². The van der Waals surface area contributed by atoms with E-state index in [4.69, 9.17) is 4.74 Å². The number of nitrogens with zero attached hydrogens (tertiary/aromatic N) is 2. The fourth-order valence-corrected chi connectivity index (χ4v) is 3.76. The molecule has 7 nitrogen and oxygen atoms in total. The molecule has 1 saturated carbocycles. The standard InChI is InChI=1S/C24H23N3O4/c28-22(26-21-14-15-25-27(21)20-8-4-5-9-20)16-31-24(30)19-12-10-18(11-13-19)23(29)17-6-2-1-3-7-17/h1-3,6-7,10-15,20H,4-5,8-9,16H2,(H,26,28). The van der Waals surface area contributed by atoms with Crippen molar-refractivity contribution in [3.8, 4) is 0 Å². The highest BCUT2D eigenvalue weighted by atomic mass is 16.5. The predicted octanol–water partition coefficient (Wildman–Crippen LogP) is 4.02. The number of amides is 1. The average molecular weight is 417 g/mol. The molecule has 1 heterocycles. The number of benzene rings is 2. The molecule has 1 aliphatic carbocycles. The van der Waals surface area contributed by atoms with Crippen molar-refractivity contribution in [1.29, 1.82) is 0 Å². The Morgan fingerprint density at radius 2 is 1.55 bits per heavy atom. The van der Waals surface area contributed by atoms with E-state index in [1.54, 1.807) is 48.7 Å². The third-order valence-corrected chi connectivity index (χ3v) is 5.36. The molecule has 2 aromatic carbocycles. The molecule has 0 spiro atoms. The quantitative estimate of drug-likeness (QED) is 0.463. The molecule has 0 saturated heterocycles. The summed E-state index contributed by atoms with van der Waals surface area (Å²) in [5.41, 5.74) is 1.32. The summed E-state index contributed by atoms with van der Waals surface area (Å²) in [5.74, 6) is -0.572. The van der Waals surface area contributed by atoms with Crippen LogP contribution in [0.4, 0.5) is 5.82 Å². The van der Waals surface area contributed by atoms with Crippen LogP contribution in [0.15, 0.2) is 66.9 Å². The Hall–Kier alpha value is -3.74. The maximum Gasteiger partial charge on any atom is 0.338 e. The number of anilines is 1. The number of aromatic nitrogens is 2. The van der Waals surface area contributed by atoms with Gasteiger partial charge in [0.1, 0.15) is 5.82 Å². The molecular weight excluding hydrogens is 394 g/mol. The Morgan fingerprint density at radius 1 is 0.903 bits per heavy atom. The smallest absolute Gasteiger partial charge is 0.338 e. The Bertz CT molecular complexity index is 1070. The Kier molecular flexibility index (Phi) is 6.21. The number of ketones is 1. The van der Waals surface area contributed by atoms with E-state index in [0.29, 0.717) is 23.0 Å². The van der Waals surface area contributed by atoms with Gasteiger partial charge in [0, 0.05) is 17.2 Å². The summed E-state index contributed by atoms with van der Waals surface area (Å²) in [5, 5.41) is 7.06. The van der Waals surface area contributed by atoms with Gasteiger partial charge in [-0.15, -0.1) is 0 Å². The molecule has 1 fully saturated rings. The molecule has 1 aliphatic rings. The fourth-order valence-electron chi connectivity index (χ4n) is 3.76. The third-order valence-electron chi connectivity index (χ3n) is 5.36. The molecule has 0 unspecified atom stereocenters. The van der Waals surface area contributed by atoms with Crippen LogP contribution in [0.1, 0.15) is 58.0 Å². The van der Waals surface area contributed by atoms with Gasteiger partial charge < -0.3 is 10.1 Å². The molecular formula is C24H23N3O4. The zero-order valence-corrected chi connectivity index (χ0v) is 17.0. The summed E-state index contributed by atoms with van der Waals surface area (Å²) in [6.07, 6.45) is 6.05. The number of carbonyl (C=O) groups excluding carboxylic acids is 3. The zero-order valence-electron chi connectivity index (χ0n) is 17.0. The molecule has 31 heavy (non-hydrogen) atoms. The molecule has 4 rings (SSSR count). The molecule has 1 aromatic heterocycles. The van der Waals surface area contributed by atoms with Crippen LogP contribution in [0.3, 0.4) is 0 Å². The first-order valence-corrected chi connectivity index (χ1v) is 10.3. The van der Waals surface area contributed by atoms with Gasteiger partial charge in [0.2, 0.25) is 0 Å². The number of esters is 1. The number of hydrogen-bond donors (Lipinski definition) is 1. The minimum atomic E-state index is -0.627. The lowest BCUT2D eigenvalue weighted by molar-refractivity contribution is -0.119. The zero-order chi connectivity index (χ0) is 21.6. The maximum atomic E-state index is 12.4. The second-order valence-electron chi connectivity index (χ2n) is 7.50. The van der Waals surface area contributed by atoms with Gasteiger partial charge in [-0.25, -0.2) is 9.48 Å². The van der Waals surface area contributed by atoms with Crippen LogP contribution in [0.5, 0.6) is 0 Å². The van der Waals surface area contributed by atoms with E-state index in [0.717, 1.165) is 25.7 Å². The lowest BCUT2D eigenvalue weighted by Crippen LogP contribution is -2.23. The number of carbonyl (C=O) groups is 3. The summed E-state index contributed by atoms with van der Waals surface area (Å²) in [6.45, 7) is -0.403. The topological polar surface area (TPSA) is 90.3 Å². The van der Waals surface area contributed by atoms with Crippen molar-refractivity contribution in [3.63, 3.8) is 0 Å². The molecule has 0 aliphatic heterocycles. The summed E-state index contributed by atoms with van der Waals surface area (Å²) in [6, 6.07) is 17.1. The summed E-state index contributed by atoms with van der Waals surface area (Å²) in [7, 11) is 0. The Balaban J connectivity index is 1.31. The molecule has 0 bridgehead atoms. The number of ether oxygens (including phenoxy) is 1. The lowest BCUT2D eigenvalue weighted by atomic mass is 10.0. The molecule has 158 valence electrons. The van der Waals surface area contributed by atoms with Crippen molar-refractivity contribution in [2.75, 3.05) is 11.9 Å². The van der Waals surface area contributed by atoms with E-state index in [9.17, 15) is 14.4 Å². The van der Waals surface area contributed by atoms with E-state index in [2.05, 4.69) is 10.4 Å². The van der Waals surface area contributed by atoms with E-state index < -0.39 is 18.5 Å². The van der Waals surface area contributed by atoms with Crippen LogP contribution < -0.4 is 5.32 Å². The van der Waals surface area contributed by atoms with Crippen molar-refractivity contribution >= 4 is 23.5 Å². The highest BCUT2D eigenvalue weighted by Crippen LogP contribution is 2.31. The van der Waals surface area contributed by atoms with Gasteiger partial charge in [-0.05, 0) is 25.0 Å². The minimum Gasteiger partial charge on any atom is -0.452 e. The first-order chi connectivity index (χ1) is 15.1. The summed E-state index contributed by atoms with van der Waals surface area (Å²) >= 11 is 0. The van der Waals surface area contributed by atoms with Gasteiger partial charge in [0.15, 0.2) is 12.4 Å². The molecule has 1 N–H and O–H groups in total. The molecule has 0 radical (unpaired) electrons. The van der Waals surface area contributed by atoms with Crippen molar-refractivity contribution in [1.82, 2.24) is 9.78 Å². The summed E-state index contributed by atoms with van der Waals surface area (Å²) < 4.78 is 6.95. The van der Waals surface area contributed by atoms with E-state index in [-0.39, 0.29) is 11.3 Å². The van der Waals surface area contributed by atoms with E-state index in [1.165, 1.54) is 12.1 Å². The first kappa shape index (κ1) is 20.5. The van der Waals surface area contributed by atoms with Crippen molar-refractivity contribution in [2.24, 2.45) is 0 Å². The fraction of sp³-hybridized carbons (Fsp3) is 0.250. The van der Waals surface area contributed by atoms with Crippen LogP contribution in [-0.2, 0) is 9.53 Å². The predicted molar refractivity (Wildman–Crippen MR) is 115 cm³/mol. The SMILES string of the molecule is O=C(COC(=O)c1ccc(C(=O)c2ccccc2)cc1)Nc1ccnn1C1CCCC1. The van der Waals surface area contributed by atoms with Crippen LogP contribution in [0, 0.1) is 0 Å². The normalized spacial score (nSPS) is 13.7. The van der Waals surface area contributed by atoms with Gasteiger partial charge >= 0.3 is 5.97 Å². The number of rotatable bonds is 7. The molecule has 1 amide bonds. The average Bonchev–Trinajstić information content (AvgIpc) is 3.49. The number of nitrogens with one attached hydrogen (secondary N) is 1. The van der Waals surface area contributed by atoms with E-state index in [1.807, 2.05) is 10.7 Å². The van der Waals surface area contributed by atoms with Gasteiger partial charge in [0.05, 0.1) is 17.8 Å². The highest BCUT2D eigenvalue weighted by molar-refractivity contribution is 6.09. The van der Waals surface area contributed by atoms with E-state index >= 15 is 0 Å². The van der Waals surface area contributed by atoms with Gasteiger partial charge in [-0.1, -0.05) is 55.3 Å². The van der Waals surface area contributed by atoms with Crippen molar-refractivity contribution in [2.45, 2.75) is 31.7 Å². The van der Waals surface area contributed by atoms with Gasteiger partial charge in [0.25, 0.3) is 5.91 Å². The number of hydrogen-bond acceptors (Lipinski definition) is 5. The second-order valence-corrected chi connectivity index (χ2v) is 7.50. The lowest BCUT2D eigenvalue weighted by Gasteiger charge is -2.14. The monoisotopic (exact) mass is 417 g/mol. The summed E-state index contributed by atoms with van der Waals surface area (Å²) in [4.78, 5) is 37.0. The molecule has 3 aromatic rings. The molecule has 0 atom stereocenters. The minimum absolute atomic E-state index is 0.126. The molecule has 7 heteroatoms. The first-order valence-electron chi connectivity index (χ1n) is 10.3. The van der Waals surface area contributed by atoms with Gasteiger partial charge in [-0.3, -0.25) is 9.59 Å².